The first-order valence-corrected chi connectivity index (χ1v) is 4.89. The zero-order valence-electron chi connectivity index (χ0n) is 9.75. The van der Waals surface area contributed by atoms with Crippen LogP contribution in [0, 0.1) is 0 Å². The summed E-state index contributed by atoms with van der Waals surface area (Å²) >= 11 is 0. The highest BCUT2D eigenvalue weighted by Crippen LogP contribution is 2.12. The van der Waals surface area contributed by atoms with Crippen molar-refractivity contribution in [1.82, 2.24) is 9.55 Å². The minimum atomic E-state index is -1.75. The third-order valence-electron chi connectivity index (χ3n) is 1.72. The number of aliphatic hydroxyl groups excluding tert-OH is 1. The van der Waals surface area contributed by atoms with E-state index in [1.165, 1.54) is 0 Å². The van der Waals surface area contributed by atoms with Gasteiger partial charge in [0, 0.05) is 6.20 Å². The highest BCUT2D eigenvalue weighted by atomic mass is 16.6. The SMILES string of the molecule is CC(C)(C)OC(=O)n1cnc(C(O)C(=O)O)c1. The third kappa shape index (κ3) is 3.56. The van der Waals surface area contributed by atoms with Crippen molar-refractivity contribution in [2.75, 3.05) is 0 Å². The number of aliphatic carboxylic acids is 1. The van der Waals surface area contributed by atoms with Crippen LogP contribution in [0.1, 0.15) is 32.6 Å². The fourth-order valence-electron chi connectivity index (χ4n) is 1.02. The fraction of sp³-hybridized carbons (Fsp3) is 0.500. The zero-order valence-corrected chi connectivity index (χ0v) is 9.75. The molecule has 1 aromatic heterocycles. The number of ether oxygens (including phenoxy) is 1. The molecule has 1 aromatic rings. The molecule has 94 valence electrons. The van der Waals surface area contributed by atoms with Crippen molar-refractivity contribution in [2.24, 2.45) is 0 Å². The van der Waals surface area contributed by atoms with Gasteiger partial charge in [0.15, 0.2) is 6.10 Å². The molecule has 0 fully saturated rings. The van der Waals surface area contributed by atoms with Crippen molar-refractivity contribution in [2.45, 2.75) is 32.5 Å². The van der Waals surface area contributed by atoms with E-state index in [0.717, 1.165) is 17.1 Å². The smallest absolute Gasteiger partial charge is 0.419 e. The molecule has 0 radical (unpaired) electrons. The van der Waals surface area contributed by atoms with Crippen LogP contribution in [0.15, 0.2) is 12.5 Å². The van der Waals surface area contributed by atoms with Crippen molar-refractivity contribution in [3.63, 3.8) is 0 Å². The van der Waals surface area contributed by atoms with E-state index in [-0.39, 0.29) is 5.69 Å². The van der Waals surface area contributed by atoms with Gasteiger partial charge in [-0.15, -0.1) is 0 Å². The van der Waals surface area contributed by atoms with Crippen molar-refractivity contribution in [1.29, 1.82) is 0 Å². The number of carbonyl (C=O) groups is 2. The normalized spacial score (nSPS) is 13.2. The molecule has 0 aliphatic carbocycles. The predicted octanol–water partition coefficient (Wildman–Crippen LogP) is 0.784. The van der Waals surface area contributed by atoms with Crippen LogP contribution in [0.3, 0.4) is 0 Å². The lowest BCUT2D eigenvalue weighted by Gasteiger charge is -2.19. The minimum absolute atomic E-state index is 0.122. The lowest BCUT2D eigenvalue weighted by molar-refractivity contribution is -0.147. The monoisotopic (exact) mass is 242 g/mol. The molecule has 1 unspecified atom stereocenters. The van der Waals surface area contributed by atoms with Gasteiger partial charge in [0.25, 0.3) is 0 Å². The van der Waals surface area contributed by atoms with Gasteiger partial charge in [0.05, 0.1) is 5.69 Å². The molecule has 0 bridgehead atoms. The Kier molecular flexibility index (Phi) is 3.52. The number of imidazole rings is 1. The molecule has 7 heteroatoms. The number of hydrogen-bond donors (Lipinski definition) is 2. The quantitative estimate of drug-likeness (QED) is 0.794. The summed E-state index contributed by atoms with van der Waals surface area (Å²) < 4.78 is 6.01. The molecule has 0 spiro atoms. The molecule has 0 saturated heterocycles. The summed E-state index contributed by atoms with van der Waals surface area (Å²) in [6, 6.07) is 0. The van der Waals surface area contributed by atoms with Crippen LogP contribution in [0.25, 0.3) is 0 Å². The van der Waals surface area contributed by atoms with Crippen molar-refractivity contribution >= 4 is 12.1 Å². The maximum absolute atomic E-state index is 11.5. The molecule has 1 rings (SSSR count). The van der Waals surface area contributed by atoms with Gasteiger partial charge in [-0.05, 0) is 20.8 Å². The summed E-state index contributed by atoms with van der Waals surface area (Å²) in [6.07, 6.45) is -0.227. The van der Waals surface area contributed by atoms with Crippen LogP contribution in [-0.2, 0) is 9.53 Å². The van der Waals surface area contributed by atoms with E-state index in [0.29, 0.717) is 0 Å². The standard InChI is InChI=1S/C10H14N2O5/c1-10(2,3)17-9(16)12-4-6(11-5-12)7(13)8(14)15/h4-5,7,13H,1-3H3,(H,14,15). The lowest BCUT2D eigenvalue weighted by Crippen LogP contribution is -2.26. The number of carboxylic acid groups (broad SMARTS) is 1. The minimum Gasteiger partial charge on any atom is -0.479 e. The fourth-order valence-corrected chi connectivity index (χ4v) is 1.02. The number of carbonyl (C=O) groups excluding carboxylic acids is 1. The number of rotatable bonds is 2. The van der Waals surface area contributed by atoms with Gasteiger partial charge in [-0.2, -0.15) is 0 Å². The molecule has 1 atom stereocenters. The Bertz CT molecular complexity index is 432. The van der Waals surface area contributed by atoms with Crippen molar-refractivity contribution < 1.29 is 24.5 Å². The van der Waals surface area contributed by atoms with E-state index in [4.69, 9.17) is 9.84 Å². The van der Waals surface area contributed by atoms with E-state index >= 15 is 0 Å². The third-order valence-corrected chi connectivity index (χ3v) is 1.72. The van der Waals surface area contributed by atoms with Gasteiger partial charge in [-0.1, -0.05) is 0 Å². The molecule has 0 aliphatic heterocycles. The molecule has 0 amide bonds. The summed E-state index contributed by atoms with van der Waals surface area (Å²) in [6.45, 7) is 5.11. The summed E-state index contributed by atoms with van der Waals surface area (Å²) in [5, 5.41) is 17.8. The van der Waals surface area contributed by atoms with E-state index in [1.807, 2.05) is 0 Å². The molecule has 0 aliphatic rings. The summed E-state index contributed by atoms with van der Waals surface area (Å²) in [7, 11) is 0. The summed E-state index contributed by atoms with van der Waals surface area (Å²) in [5.74, 6) is -1.43. The summed E-state index contributed by atoms with van der Waals surface area (Å²) in [5.41, 5.74) is -0.782. The first kappa shape index (κ1) is 13.2. The molecule has 0 saturated carbocycles. The average Bonchev–Trinajstić information content (AvgIpc) is 2.62. The van der Waals surface area contributed by atoms with E-state index in [2.05, 4.69) is 4.98 Å². The second-order valence-corrected chi connectivity index (χ2v) is 4.43. The number of carboxylic acids is 1. The Morgan fingerprint density at radius 1 is 1.47 bits per heavy atom. The van der Waals surface area contributed by atoms with Gasteiger partial charge in [0.1, 0.15) is 11.9 Å². The second kappa shape index (κ2) is 4.54. The van der Waals surface area contributed by atoms with Crippen LogP contribution in [0.4, 0.5) is 4.79 Å². The van der Waals surface area contributed by atoms with E-state index < -0.39 is 23.8 Å². The lowest BCUT2D eigenvalue weighted by atomic mass is 10.2. The molecule has 1 heterocycles. The Hall–Kier alpha value is -1.89. The number of aliphatic hydroxyl groups is 1. The van der Waals surface area contributed by atoms with Crippen LogP contribution < -0.4 is 0 Å². The van der Waals surface area contributed by atoms with Crippen LogP contribution >= 0.6 is 0 Å². The van der Waals surface area contributed by atoms with Gasteiger partial charge in [-0.3, -0.25) is 0 Å². The molecule has 0 aromatic carbocycles. The Morgan fingerprint density at radius 3 is 2.53 bits per heavy atom. The first-order chi connectivity index (χ1) is 7.70. The van der Waals surface area contributed by atoms with E-state index in [1.54, 1.807) is 20.8 Å². The van der Waals surface area contributed by atoms with Crippen molar-refractivity contribution in [3.8, 4) is 0 Å². The highest BCUT2D eigenvalue weighted by molar-refractivity contribution is 5.74. The van der Waals surface area contributed by atoms with Crippen LogP contribution in [0.5, 0.6) is 0 Å². The Morgan fingerprint density at radius 2 is 2.06 bits per heavy atom. The van der Waals surface area contributed by atoms with Crippen LogP contribution in [0.2, 0.25) is 0 Å². The summed E-state index contributed by atoms with van der Waals surface area (Å²) in [4.78, 5) is 25.6. The molecular formula is C10H14N2O5. The van der Waals surface area contributed by atoms with Gasteiger partial charge in [-0.25, -0.2) is 19.1 Å². The maximum atomic E-state index is 11.5. The molecule has 2 N–H and O–H groups in total. The predicted molar refractivity (Wildman–Crippen MR) is 56.5 cm³/mol. The molecule has 17 heavy (non-hydrogen) atoms. The van der Waals surface area contributed by atoms with Crippen molar-refractivity contribution in [3.05, 3.63) is 18.2 Å². The second-order valence-electron chi connectivity index (χ2n) is 4.43. The number of aromatic nitrogens is 2. The van der Waals surface area contributed by atoms with E-state index in [9.17, 15) is 14.7 Å². The first-order valence-electron chi connectivity index (χ1n) is 4.89. The molecular weight excluding hydrogens is 228 g/mol. The molecule has 7 nitrogen and oxygen atoms in total. The highest BCUT2D eigenvalue weighted by Gasteiger charge is 2.22. The number of nitrogens with zero attached hydrogens (tertiary/aromatic N) is 2. The van der Waals surface area contributed by atoms with Gasteiger partial charge < -0.3 is 14.9 Å². The van der Waals surface area contributed by atoms with Gasteiger partial charge in [0.2, 0.25) is 0 Å². The topological polar surface area (TPSA) is 102 Å². The maximum Gasteiger partial charge on any atom is 0.419 e. The zero-order chi connectivity index (χ0) is 13.2. The van der Waals surface area contributed by atoms with Crippen LogP contribution in [-0.4, -0.2) is 37.4 Å². The van der Waals surface area contributed by atoms with Gasteiger partial charge >= 0.3 is 12.1 Å². The number of hydrogen-bond acceptors (Lipinski definition) is 5. The Balaban J connectivity index is 2.81. The average molecular weight is 242 g/mol. The largest absolute Gasteiger partial charge is 0.479 e. The Labute approximate surface area is 97.6 Å².